The van der Waals surface area contributed by atoms with Gasteiger partial charge in [0.15, 0.2) is 5.78 Å². The minimum atomic E-state index is -0.548. The van der Waals surface area contributed by atoms with Crippen LogP contribution in [0.25, 0.3) is 0 Å². The Morgan fingerprint density at radius 3 is 2.61 bits per heavy atom. The molecule has 23 heavy (non-hydrogen) atoms. The average molecular weight is 321 g/mol. The number of ketones is 1. The van der Waals surface area contributed by atoms with Gasteiger partial charge in [-0.1, -0.05) is 19.9 Å². The summed E-state index contributed by atoms with van der Waals surface area (Å²) in [6.07, 6.45) is 7.12. The van der Waals surface area contributed by atoms with Crippen LogP contribution in [-0.4, -0.2) is 28.4 Å². The average Bonchev–Trinajstić information content (AvgIpc) is 2.40. The van der Waals surface area contributed by atoms with Gasteiger partial charge in [-0.05, 0) is 52.4 Å². The number of nitrogens with zero attached hydrogens (tertiary/aromatic N) is 1. The third kappa shape index (κ3) is 6.20. The molecule has 0 N–H and O–H groups in total. The summed E-state index contributed by atoms with van der Waals surface area (Å²) in [5.41, 5.74) is 0.242. The Kier molecular flexibility index (Phi) is 7.04. The van der Waals surface area contributed by atoms with E-state index in [0.29, 0.717) is 12.8 Å². The first-order valence-corrected chi connectivity index (χ1v) is 8.52. The van der Waals surface area contributed by atoms with Gasteiger partial charge in [-0.2, -0.15) is 0 Å². The van der Waals surface area contributed by atoms with E-state index in [4.69, 9.17) is 4.74 Å². The molecule has 1 rings (SSSR count). The van der Waals surface area contributed by atoms with Crippen LogP contribution in [0.15, 0.2) is 24.4 Å². The number of carbonyl (C=O) groups is 2. The standard InChI is InChI=1S/C19H31NO3/c1-7-8-9-10-11-15-12-16(21)13-17(14(2)3)20(15)18(22)23-19(4,5)6/h7,12,14,17H,1,8-11,13H2,2-6H3. The van der Waals surface area contributed by atoms with E-state index in [-0.39, 0.29) is 23.8 Å². The Morgan fingerprint density at radius 2 is 2.09 bits per heavy atom. The first-order chi connectivity index (χ1) is 10.7. The van der Waals surface area contributed by atoms with Gasteiger partial charge in [0.25, 0.3) is 0 Å². The van der Waals surface area contributed by atoms with Crippen molar-refractivity contribution in [3.8, 4) is 0 Å². The summed E-state index contributed by atoms with van der Waals surface area (Å²) >= 11 is 0. The fraction of sp³-hybridized carbons (Fsp3) is 0.684. The third-order valence-corrected chi connectivity index (χ3v) is 3.83. The smallest absolute Gasteiger partial charge is 0.414 e. The molecule has 0 saturated carbocycles. The van der Waals surface area contributed by atoms with E-state index in [1.807, 2.05) is 40.7 Å². The quantitative estimate of drug-likeness (QED) is 0.519. The maximum absolute atomic E-state index is 12.7. The van der Waals surface area contributed by atoms with Crippen LogP contribution >= 0.6 is 0 Å². The summed E-state index contributed by atoms with van der Waals surface area (Å²) in [7, 11) is 0. The van der Waals surface area contributed by atoms with E-state index in [2.05, 4.69) is 6.58 Å². The van der Waals surface area contributed by atoms with E-state index in [1.165, 1.54) is 0 Å². The molecule has 4 nitrogen and oxygen atoms in total. The van der Waals surface area contributed by atoms with Crippen molar-refractivity contribution >= 4 is 11.9 Å². The molecule has 0 saturated heterocycles. The minimum Gasteiger partial charge on any atom is -0.443 e. The van der Waals surface area contributed by atoms with Gasteiger partial charge in [0.1, 0.15) is 5.60 Å². The lowest BCUT2D eigenvalue weighted by Crippen LogP contribution is -2.48. The first kappa shape index (κ1) is 19.5. The van der Waals surface area contributed by atoms with Crippen LogP contribution in [0.3, 0.4) is 0 Å². The fourth-order valence-corrected chi connectivity index (χ4v) is 2.71. The van der Waals surface area contributed by atoms with Crippen LogP contribution in [0, 0.1) is 5.92 Å². The second-order valence-corrected chi connectivity index (χ2v) is 7.50. The molecule has 1 atom stereocenters. The summed E-state index contributed by atoms with van der Waals surface area (Å²) in [4.78, 5) is 26.4. The zero-order valence-corrected chi connectivity index (χ0v) is 15.2. The highest BCUT2D eigenvalue weighted by molar-refractivity contribution is 5.93. The Bertz CT molecular complexity index is 471. The van der Waals surface area contributed by atoms with E-state index in [1.54, 1.807) is 11.0 Å². The summed E-state index contributed by atoms with van der Waals surface area (Å²) in [5, 5.41) is 0. The molecule has 0 aliphatic carbocycles. The predicted molar refractivity (Wildman–Crippen MR) is 93.1 cm³/mol. The second-order valence-electron chi connectivity index (χ2n) is 7.50. The highest BCUT2D eigenvalue weighted by Gasteiger charge is 2.36. The molecular weight excluding hydrogens is 290 g/mol. The molecule has 4 heteroatoms. The molecule has 130 valence electrons. The molecule has 1 aliphatic rings. The molecule has 1 aliphatic heterocycles. The number of unbranched alkanes of at least 4 members (excludes halogenated alkanes) is 2. The molecule has 0 aromatic carbocycles. The summed E-state index contributed by atoms with van der Waals surface area (Å²) in [5.74, 6) is 0.297. The normalized spacial score (nSPS) is 18.9. The van der Waals surface area contributed by atoms with E-state index in [0.717, 1.165) is 25.0 Å². The van der Waals surface area contributed by atoms with Crippen molar-refractivity contribution < 1.29 is 14.3 Å². The molecule has 0 bridgehead atoms. The molecule has 0 aromatic rings. The number of ether oxygens (including phenoxy) is 1. The number of rotatable bonds is 6. The molecular formula is C19H31NO3. The SMILES string of the molecule is C=CCCCCC1=CC(=O)CC(C(C)C)N1C(=O)OC(C)(C)C. The van der Waals surface area contributed by atoms with Gasteiger partial charge in [0.05, 0.1) is 0 Å². The molecule has 0 radical (unpaired) electrons. The fourth-order valence-electron chi connectivity index (χ4n) is 2.71. The topological polar surface area (TPSA) is 46.6 Å². The van der Waals surface area contributed by atoms with Gasteiger partial charge >= 0.3 is 6.09 Å². The molecule has 1 unspecified atom stereocenters. The van der Waals surface area contributed by atoms with Crippen molar-refractivity contribution in [1.82, 2.24) is 4.90 Å². The highest BCUT2D eigenvalue weighted by atomic mass is 16.6. The number of amides is 1. The number of hydrogen-bond acceptors (Lipinski definition) is 3. The number of allylic oxidation sites excluding steroid dienone is 3. The van der Waals surface area contributed by atoms with Crippen molar-refractivity contribution in [2.75, 3.05) is 0 Å². The van der Waals surface area contributed by atoms with Crippen LogP contribution in [0.2, 0.25) is 0 Å². The maximum Gasteiger partial charge on any atom is 0.414 e. The van der Waals surface area contributed by atoms with Crippen molar-refractivity contribution in [3.05, 3.63) is 24.4 Å². The van der Waals surface area contributed by atoms with Crippen LogP contribution in [0.4, 0.5) is 4.79 Å². The molecule has 0 aromatic heterocycles. The Morgan fingerprint density at radius 1 is 1.43 bits per heavy atom. The van der Waals surface area contributed by atoms with Crippen molar-refractivity contribution in [1.29, 1.82) is 0 Å². The highest BCUT2D eigenvalue weighted by Crippen LogP contribution is 2.30. The molecule has 0 fully saturated rings. The number of carbonyl (C=O) groups excluding carboxylic acids is 2. The Hall–Kier alpha value is -1.58. The summed E-state index contributed by atoms with van der Waals surface area (Å²) in [6.45, 7) is 13.4. The minimum absolute atomic E-state index is 0.0993. The third-order valence-electron chi connectivity index (χ3n) is 3.83. The second kappa shape index (κ2) is 8.32. The van der Waals surface area contributed by atoms with Crippen molar-refractivity contribution in [2.24, 2.45) is 5.92 Å². The van der Waals surface area contributed by atoms with E-state index >= 15 is 0 Å². The zero-order valence-electron chi connectivity index (χ0n) is 15.2. The lowest BCUT2D eigenvalue weighted by Gasteiger charge is -2.39. The van der Waals surface area contributed by atoms with Gasteiger partial charge in [0.2, 0.25) is 0 Å². The van der Waals surface area contributed by atoms with Crippen LogP contribution in [-0.2, 0) is 9.53 Å². The van der Waals surface area contributed by atoms with Crippen molar-refractivity contribution in [3.63, 3.8) is 0 Å². The van der Waals surface area contributed by atoms with Gasteiger partial charge in [0, 0.05) is 24.2 Å². The summed E-state index contributed by atoms with van der Waals surface area (Å²) < 4.78 is 5.57. The molecule has 1 amide bonds. The predicted octanol–water partition coefficient (Wildman–Crippen LogP) is 4.85. The van der Waals surface area contributed by atoms with Gasteiger partial charge in [-0.15, -0.1) is 6.58 Å². The lowest BCUT2D eigenvalue weighted by atomic mass is 9.91. The number of hydrogen-bond donors (Lipinski definition) is 0. The molecule has 0 spiro atoms. The largest absolute Gasteiger partial charge is 0.443 e. The first-order valence-electron chi connectivity index (χ1n) is 8.52. The van der Waals surface area contributed by atoms with Crippen LogP contribution in [0.1, 0.15) is 66.7 Å². The Balaban J connectivity index is 2.97. The van der Waals surface area contributed by atoms with E-state index < -0.39 is 5.60 Å². The van der Waals surface area contributed by atoms with Gasteiger partial charge in [-0.25, -0.2) is 4.79 Å². The molecule has 1 heterocycles. The van der Waals surface area contributed by atoms with Crippen LogP contribution in [0.5, 0.6) is 0 Å². The maximum atomic E-state index is 12.7. The van der Waals surface area contributed by atoms with Crippen LogP contribution < -0.4 is 0 Å². The van der Waals surface area contributed by atoms with Gasteiger partial charge < -0.3 is 4.74 Å². The van der Waals surface area contributed by atoms with E-state index in [9.17, 15) is 9.59 Å². The van der Waals surface area contributed by atoms with Crippen molar-refractivity contribution in [2.45, 2.75) is 78.4 Å². The Labute approximate surface area is 140 Å². The lowest BCUT2D eigenvalue weighted by molar-refractivity contribution is -0.117. The summed E-state index contributed by atoms with van der Waals surface area (Å²) in [6, 6.07) is -0.128. The monoisotopic (exact) mass is 321 g/mol. The van der Waals surface area contributed by atoms with Gasteiger partial charge in [-0.3, -0.25) is 9.69 Å². The zero-order chi connectivity index (χ0) is 17.6.